The van der Waals surface area contributed by atoms with Gasteiger partial charge in [-0.15, -0.1) is 0 Å². The first-order chi connectivity index (χ1) is 8.70. The Bertz CT molecular complexity index is 549. The predicted molar refractivity (Wildman–Crippen MR) is 73.6 cm³/mol. The second kappa shape index (κ2) is 5.29. The summed E-state index contributed by atoms with van der Waals surface area (Å²) < 4.78 is 0. The molecule has 0 saturated heterocycles. The van der Waals surface area contributed by atoms with Crippen LogP contribution in [0.25, 0.3) is 5.57 Å². The van der Waals surface area contributed by atoms with Gasteiger partial charge < -0.3 is 0 Å². The molecule has 18 heavy (non-hydrogen) atoms. The Morgan fingerprint density at radius 2 is 1.44 bits per heavy atom. The highest BCUT2D eigenvalue weighted by atomic mass is 16.2. The number of rotatable bonds is 3. The van der Waals surface area contributed by atoms with Crippen LogP contribution < -0.4 is 10.9 Å². The summed E-state index contributed by atoms with van der Waals surface area (Å²) in [7, 11) is 0. The van der Waals surface area contributed by atoms with Gasteiger partial charge in [0.1, 0.15) is 0 Å². The van der Waals surface area contributed by atoms with Crippen molar-refractivity contribution in [3.63, 3.8) is 0 Å². The summed E-state index contributed by atoms with van der Waals surface area (Å²) in [6, 6.07) is 18.3. The molecule has 0 aliphatic heterocycles. The van der Waals surface area contributed by atoms with Crippen LogP contribution in [-0.2, 0) is 4.79 Å². The van der Waals surface area contributed by atoms with E-state index in [4.69, 9.17) is 5.84 Å². The first-order valence-electron chi connectivity index (χ1n) is 5.58. The van der Waals surface area contributed by atoms with Crippen molar-refractivity contribution in [2.24, 2.45) is 5.84 Å². The SMILES string of the molecule is C=C(C(=O)N(N)c1ccccc1)c1ccccc1. The van der Waals surface area contributed by atoms with E-state index < -0.39 is 0 Å². The zero-order valence-electron chi connectivity index (χ0n) is 9.91. The second-order valence-electron chi connectivity index (χ2n) is 3.86. The van der Waals surface area contributed by atoms with Gasteiger partial charge in [-0.2, -0.15) is 0 Å². The number of carbonyl (C=O) groups excluding carboxylic acids is 1. The number of para-hydroxylation sites is 1. The molecule has 3 nitrogen and oxygen atoms in total. The predicted octanol–water partition coefficient (Wildman–Crippen LogP) is 2.61. The van der Waals surface area contributed by atoms with E-state index in [1.165, 1.54) is 0 Å². The molecule has 0 spiro atoms. The number of nitrogens with two attached hydrogens (primary N) is 1. The molecule has 0 heterocycles. The number of hydrogen-bond donors (Lipinski definition) is 1. The van der Waals surface area contributed by atoms with E-state index in [9.17, 15) is 4.79 Å². The average Bonchev–Trinajstić information content (AvgIpc) is 2.47. The number of nitrogens with zero attached hydrogens (tertiary/aromatic N) is 1. The minimum atomic E-state index is -0.313. The quantitative estimate of drug-likeness (QED) is 0.386. The van der Waals surface area contributed by atoms with Crippen molar-refractivity contribution < 1.29 is 4.79 Å². The standard InChI is InChI=1S/C15H14N2O/c1-12(13-8-4-2-5-9-13)15(18)17(16)14-10-6-3-7-11-14/h2-11H,1,16H2. The Hall–Kier alpha value is -2.39. The average molecular weight is 238 g/mol. The van der Waals surface area contributed by atoms with Crippen molar-refractivity contribution in [3.05, 3.63) is 72.8 Å². The maximum Gasteiger partial charge on any atom is 0.272 e. The Morgan fingerprint density at radius 1 is 0.944 bits per heavy atom. The first-order valence-corrected chi connectivity index (χ1v) is 5.58. The van der Waals surface area contributed by atoms with Crippen molar-refractivity contribution in [2.75, 3.05) is 5.01 Å². The molecule has 0 aromatic heterocycles. The Kier molecular flexibility index (Phi) is 3.55. The summed E-state index contributed by atoms with van der Waals surface area (Å²) in [5.74, 6) is 5.49. The van der Waals surface area contributed by atoms with Crippen LogP contribution in [0.4, 0.5) is 5.69 Å². The van der Waals surface area contributed by atoms with Crippen LogP contribution in [0.2, 0.25) is 0 Å². The zero-order valence-corrected chi connectivity index (χ0v) is 9.91. The maximum absolute atomic E-state index is 12.1. The smallest absolute Gasteiger partial charge is 0.267 e. The van der Waals surface area contributed by atoms with E-state index in [2.05, 4.69) is 6.58 Å². The first kappa shape index (κ1) is 12.1. The molecule has 90 valence electrons. The third-order valence-corrected chi connectivity index (χ3v) is 2.63. The monoisotopic (exact) mass is 238 g/mol. The summed E-state index contributed by atoms with van der Waals surface area (Å²) in [6.07, 6.45) is 0. The fourth-order valence-electron chi connectivity index (χ4n) is 1.61. The van der Waals surface area contributed by atoms with Gasteiger partial charge in [0.15, 0.2) is 0 Å². The lowest BCUT2D eigenvalue weighted by Gasteiger charge is -2.17. The maximum atomic E-state index is 12.1. The topological polar surface area (TPSA) is 46.3 Å². The fraction of sp³-hybridized carbons (Fsp3) is 0. The van der Waals surface area contributed by atoms with Crippen molar-refractivity contribution in [1.82, 2.24) is 0 Å². The third kappa shape index (κ3) is 2.47. The molecular formula is C15H14N2O. The Labute approximate surface area is 106 Å². The zero-order chi connectivity index (χ0) is 13.0. The lowest BCUT2D eigenvalue weighted by atomic mass is 10.1. The molecular weight excluding hydrogens is 224 g/mol. The molecule has 0 aliphatic carbocycles. The van der Waals surface area contributed by atoms with Crippen molar-refractivity contribution in [1.29, 1.82) is 0 Å². The summed E-state index contributed by atoms with van der Waals surface area (Å²) in [5.41, 5.74) is 1.79. The van der Waals surface area contributed by atoms with Crippen molar-refractivity contribution in [3.8, 4) is 0 Å². The van der Waals surface area contributed by atoms with Gasteiger partial charge in [-0.1, -0.05) is 55.1 Å². The molecule has 0 atom stereocenters. The van der Waals surface area contributed by atoms with Gasteiger partial charge in [0.25, 0.3) is 5.91 Å². The minimum absolute atomic E-state index is 0.313. The van der Waals surface area contributed by atoms with Crippen LogP contribution in [-0.4, -0.2) is 5.91 Å². The lowest BCUT2D eigenvalue weighted by Crippen LogP contribution is -2.37. The molecule has 0 saturated carbocycles. The lowest BCUT2D eigenvalue weighted by molar-refractivity contribution is -0.113. The van der Waals surface area contributed by atoms with Gasteiger partial charge in [0.2, 0.25) is 0 Å². The highest BCUT2D eigenvalue weighted by Gasteiger charge is 2.16. The molecule has 0 fully saturated rings. The number of hydrazine groups is 1. The van der Waals surface area contributed by atoms with Gasteiger partial charge in [-0.25, -0.2) is 10.9 Å². The van der Waals surface area contributed by atoms with E-state index in [-0.39, 0.29) is 5.91 Å². The fourth-order valence-corrected chi connectivity index (χ4v) is 1.61. The largest absolute Gasteiger partial charge is 0.272 e. The van der Waals surface area contributed by atoms with E-state index in [1.54, 1.807) is 12.1 Å². The van der Waals surface area contributed by atoms with Crippen LogP contribution in [0, 0.1) is 0 Å². The van der Waals surface area contributed by atoms with Gasteiger partial charge in [-0.05, 0) is 17.7 Å². The molecule has 2 rings (SSSR count). The van der Waals surface area contributed by atoms with Crippen molar-refractivity contribution >= 4 is 17.2 Å². The van der Waals surface area contributed by atoms with Crippen LogP contribution in [0.15, 0.2) is 67.2 Å². The van der Waals surface area contributed by atoms with E-state index in [0.29, 0.717) is 11.3 Å². The van der Waals surface area contributed by atoms with Gasteiger partial charge >= 0.3 is 0 Å². The summed E-state index contributed by atoms with van der Waals surface area (Å²) in [5, 5.41) is 1.11. The van der Waals surface area contributed by atoms with Crippen LogP contribution in [0.1, 0.15) is 5.56 Å². The highest BCUT2D eigenvalue weighted by molar-refractivity contribution is 6.25. The Balaban J connectivity index is 2.20. The number of carbonyl (C=O) groups is 1. The molecule has 2 aromatic rings. The van der Waals surface area contributed by atoms with Gasteiger partial charge in [0, 0.05) is 5.57 Å². The summed E-state index contributed by atoms with van der Waals surface area (Å²) >= 11 is 0. The molecule has 2 aromatic carbocycles. The van der Waals surface area contributed by atoms with Crippen LogP contribution in [0.5, 0.6) is 0 Å². The molecule has 0 bridgehead atoms. The number of benzene rings is 2. The normalized spacial score (nSPS) is 9.83. The molecule has 3 heteroatoms. The van der Waals surface area contributed by atoms with Gasteiger partial charge in [-0.3, -0.25) is 4.79 Å². The molecule has 0 aliphatic rings. The van der Waals surface area contributed by atoms with Crippen LogP contribution >= 0.6 is 0 Å². The third-order valence-electron chi connectivity index (χ3n) is 2.63. The molecule has 2 N–H and O–H groups in total. The summed E-state index contributed by atoms with van der Waals surface area (Å²) in [6.45, 7) is 3.80. The minimum Gasteiger partial charge on any atom is -0.267 e. The molecule has 0 radical (unpaired) electrons. The van der Waals surface area contributed by atoms with E-state index in [0.717, 1.165) is 10.6 Å². The van der Waals surface area contributed by atoms with E-state index in [1.807, 2.05) is 48.5 Å². The highest BCUT2D eigenvalue weighted by Crippen LogP contribution is 2.17. The second-order valence-corrected chi connectivity index (χ2v) is 3.86. The summed E-state index contributed by atoms with van der Waals surface area (Å²) in [4.78, 5) is 12.1. The van der Waals surface area contributed by atoms with Crippen molar-refractivity contribution in [2.45, 2.75) is 0 Å². The van der Waals surface area contributed by atoms with Crippen LogP contribution in [0.3, 0.4) is 0 Å². The Morgan fingerprint density at radius 3 is 2.00 bits per heavy atom. The number of amides is 1. The van der Waals surface area contributed by atoms with Gasteiger partial charge in [0.05, 0.1) is 5.69 Å². The molecule has 0 unspecified atom stereocenters. The molecule has 1 amide bonds. The van der Waals surface area contributed by atoms with E-state index >= 15 is 0 Å². The number of hydrogen-bond acceptors (Lipinski definition) is 2. The number of anilines is 1.